The number of ketones is 1. The standard InChI is InChI=1S/C20H22N4O3/c1-20(2,3)24-15-7-5-4-6-14(15)23-11-21-17(18(23)19(24)26)13(22-27)10-16(25)12-8-9-12/h4-7,11-12,27H,8-10H2,1-3H3. The molecule has 0 saturated heterocycles. The van der Waals surface area contributed by atoms with Crippen molar-refractivity contribution in [2.75, 3.05) is 0 Å². The third kappa shape index (κ3) is 2.83. The van der Waals surface area contributed by atoms with Crippen LogP contribution in [0.4, 0.5) is 0 Å². The Balaban J connectivity index is 2.00. The number of carbonyl (C=O) groups excluding carboxylic acids is 1. The van der Waals surface area contributed by atoms with E-state index in [1.807, 2.05) is 45.0 Å². The lowest BCUT2D eigenvalue weighted by Crippen LogP contribution is -2.35. The Morgan fingerprint density at radius 1 is 1.26 bits per heavy atom. The fourth-order valence-corrected chi connectivity index (χ4v) is 3.57. The van der Waals surface area contributed by atoms with Crippen molar-refractivity contribution in [1.29, 1.82) is 0 Å². The zero-order chi connectivity index (χ0) is 19.3. The number of para-hydroxylation sites is 2. The number of hydrogen-bond acceptors (Lipinski definition) is 5. The van der Waals surface area contributed by atoms with Gasteiger partial charge in [-0.25, -0.2) is 4.98 Å². The van der Waals surface area contributed by atoms with Gasteiger partial charge in [0, 0.05) is 11.5 Å². The summed E-state index contributed by atoms with van der Waals surface area (Å²) in [5, 5.41) is 12.8. The minimum atomic E-state index is -0.458. The second-order valence-electron chi connectivity index (χ2n) is 8.08. The number of benzene rings is 1. The summed E-state index contributed by atoms with van der Waals surface area (Å²) in [6.45, 7) is 5.89. The van der Waals surface area contributed by atoms with Crippen LogP contribution in [0.3, 0.4) is 0 Å². The summed E-state index contributed by atoms with van der Waals surface area (Å²) in [5.74, 6) is 0.0728. The number of nitrogens with zero attached hydrogens (tertiary/aromatic N) is 4. The lowest BCUT2D eigenvalue weighted by molar-refractivity contribution is -0.119. The van der Waals surface area contributed by atoms with Gasteiger partial charge in [-0.2, -0.15) is 0 Å². The van der Waals surface area contributed by atoms with Gasteiger partial charge in [0.05, 0.1) is 17.5 Å². The molecule has 1 aliphatic rings. The van der Waals surface area contributed by atoms with Crippen LogP contribution in [0.5, 0.6) is 0 Å². The van der Waals surface area contributed by atoms with Crippen LogP contribution in [-0.2, 0) is 10.3 Å². The van der Waals surface area contributed by atoms with Crippen molar-refractivity contribution in [3.05, 3.63) is 46.6 Å². The summed E-state index contributed by atoms with van der Waals surface area (Å²) in [6.07, 6.45) is 3.29. The summed E-state index contributed by atoms with van der Waals surface area (Å²) < 4.78 is 3.43. The van der Waals surface area contributed by atoms with Crippen molar-refractivity contribution in [1.82, 2.24) is 14.0 Å². The molecule has 7 nitrogen and oxygen atoms in total. The van der Waals surface area contributed by atoms with Crippen molar-refractivity contribution in [3.8, 4) is 0 Å². The van der Waals surface area contributed by atoms with Gasteiger partial charge in [-0.3, -0.25) is 18.6 Å². The van der Waals surface area contributed by atoms with E-state index in [1.54, 1.807) is 15.3 Å². The van der Waals surface area contributed by atoms with Crippen LogP contribution in [0.15, 0.2) is 40.5 Å². The molecular weight excluding hydrogens is 344 g/mol. The van der Waals surface area contributed by atoms with Gasteiger partial charge >= 0.3 is 0 Å². The highest BCUT2D eigenvalue weighted by Crippen LogP contribution is 2.31. The van der Waals surface area contributed by atoms with Crippen molar-refractivity contribution >= 4 is 28.0 Å². The Morgan fingerprint density at radius 2 is 1.93 bits per heavy atom. The number of hydrogen-bond donors (Lipinski definition) is 1. The van der Waals surface area contributed by atoms with Crippen LogP contribution in [0.1, 0.15) is 45.7 Å². The molecule has 4 rings (SSSR count). The average Bonchev–Trinajstić information content (AvgIpc) is 3.37. The van der Waals surface area contributed by atoms with Gasteiger partial charge < -0.3 is 5.21 Å². The van der Waals surface area contributed by atoms with E-state index in [1.165, 1.54) is 0 Å². The monoisotopic (exact) mass is 366 g/mol. The third-order valence-electron chi connectivity index (χ3n) is 4.99. The maximum Gasteiger partial charge on any atom is 0.278 e. The van der Waals surface area contributed by atoms with E-state index in [-0.39, 0.29) is 35.1 Å². The van der Waals surface area contributed by atoms with Gasteiger partial charge in [-0.05, 0) is 45.7 Å². The molecule has 0 atom stereocenters. The molecule has 7 heteroatoms. The largest absolute Gasteiger partial charge is 0.411 e. The number of aromatic nitrogens is 3. The second-order valence-corrected chi connectivity index (χ2v) is 8.08. The van der Waals surface area contributed by atoms with E-state index >= 15 is 0 Å². The van der Waals surface area contributed by atoms with Crippen LogP contribution in [-0.4, -0.2) is 30.7 Å². The molecule has 1 saturated carbocycles. The zero-order valence-corrected chi connectivity index (χ0v) is 15.6. The number of oxime groups is 1. The van der Waals surface area contributed by atoms with Gasteiger partial charge in [0.1, 0.15) is 29.0 Å². The Kier molecular flexibility index (Phi) is 3.91. The SMILES string of the molecule is CC(C)(C)n1c(=O)c2c(C(CC(=O)C3CC3)=NO)ncn2c2ccccc21. The molecule has 1 N–H and O–H groups in total. The molecule has 3 aromatic rings. The normalized spacial score (nSPS) is 15.6. The topological polar surface area (TPSA) is 89.0 Å². The van der Waals surface area contributed by atoms with E-state index in [2.05, 4.69) is 10.1 Å². The Morgan fingerprint density at radius 3 is 2.52 bits per heavy atom. The highest BCUT2D eigenvalue weighted by molar-refractivity contribution is 6.14. The smallest absolute Gasteiger partial charge is 0.278 e. The molecule has 0 unspecified atom stereocenters. The summed E-state index contributed by atoms with van der Waals surface area (Å²) in [4.78, 5) is 30.0. The predicted molar refractivity (Wildman–Crippen MR) is 103 cm³/mol. The molecule has 0 radical (unpaired) electrons. The second kappa shape index (κ2) is 6.04. The van der Waals surface area contributed by atoms with Crippen molar-refractivity contribution in [2.24, 2.45) is 11.1 Å². The molecule has 0 amide bonds. The maximum atomic E-state index is 13.4. The van der Waals surface area contributed by atoms with Gasteiger partial charge in [0.2, 0.25) is 0 Å². The first-order valence-electron chi connectivity index (χ1n) is 9.08. The molecule has 1 fully saturated rings. The van der Waals surface area contributed by atoms with Gasteiger partial charge in [-0.1, -0.05) is 17.3 Å². The zero-order valence-electron chi connectivity index (χ0n) is 15.6. The Hall–Kier alpha value is -2.96. The highest BCUT2D eigenvalue weighted by Gasteiger charge is 2.32. The summed E-state index contributed by atoms with van der Waals surface area (Å²) >= 11 is 0. The van der Waals surface area contributed by atoms with Gasteiger partial charge in [0.25, 0.3) is 5.56 Å². The van der Waals surface area contributed by atoms with E-state index in [4.69, 9.17) is 0 Å². The number of fused-ring (bicyclic) bond motifs is 3. The molecule has 27 heavy (non-hydrogen) atoms. The fraction of sp³-hybridized carbons (Fsp3) is 0.400. The lowest BCUT2D eigenvalue weighted by Gasteiger charge is -2.25. The highest BCUT2D eigenvalue weighted by atomic mass is 16.4. The summed E-state index contributed by atoms with van der Waals surface area (Å²) in [6, 6.07) is 7.61. The first kappa shape index (κ1) is 17.5. The average molecular weight is 366 g/mol. The molecule has 0 spiro atoms. The summed E-state index contributed by atoms with van der Waals surface area (Å²) in [5.41, 5.74) is 1.66. The maximum absolute atomic E-state index is 13.4. The predicted octanol–water partition coefficient (Wildman–Crippen LogP) is 2.95. The lowest BCUT2D eigenvalue weighted by atomic mass is 10.1. The van der Waals surface area contributed by atoms with Crippen LogP contribution in [0.2, 0.25) is 0 Å². The minimum Gasteiger partial charge on any atom is -0.411 e. The Labute approximate surface area is 155 Å². The minimum absolute atomic E-state index is 0.0182. The van der Waals surface area contributed by atoms with E-state index in [0.29, 0.717) is 5.52 Å². The molecule has 2 heterocycles. The molecule has 0 bridgehead atoms. The van der Waals surface area contributed by atoms with Gasteiger partial charge in [0.15, 0.2) is 0 Å². The number of carbonyl (C=O) groups is 1. The first-order valence-corrected chi connectivity index (χ1v) is 9.08. The quantitative estimate of drug-likeness (QED) is 0.437. The van der Waals surface area contributed by atoms with Crippen LogP contribution >= 0.6 is 0 Å². The van der Waals surface area contributed by atoms with Gasteiger partial charge in [-0.15, -0.1) is 0 Å². The third-order valence-corrected chi connectivity index (χ3v) is 4.99. The molecule has 140 valence electrons. The molecule has 1 aromatic carbocycles. The number of rotatable bonds is 4. The van der Waals surface area contributed by atoms with Crippen LogP contribution in [0.25, 0.3) is 16.6 Å². The van der Waals surface area contributed by atoms with E-state index in [0.717, 1.165) is 23.9 Å². The summed E-state index contributed by atoms with van der Waals surface area (Å²) in [7, 11) is 0. The van der Waals surface area contributed by atoms with Crippen LogP contribution in [0, 0.1) is 5.92 Å². The Bertz CT molecular complexity index is 1140. The van der Waals surface area contributed by atoms with E-state index in [9.17, 15) is 14.8 Å². The van der Waals surface area contributed by atoms with E-state index < -0.39 is 5.54 Å². The fourth-order valence-electron chi connectivity index (χ4n) is 3.57. The van der Waals surface area contributed by atoms with Crippen LogP contribution < -0.4 is 5.56 Å². The molecule has 0 aliphatic heterocycles. The van der Waals surface area contributed by atoms with Crippen molar-refractivity contribution in [2.45, 2.75) is 45.6 Å². The molecular formula is C20H22N4O3. The first-order chi connectivity index (χ1) is 12.8. The number of Topliss-reactive ketones (excluding diaryl/α,β-unsaturated/α-hetero) is 1. The molecule has 1 aliphatic carbocycles. The number of imidazole rings is 1. The van der Waals surface area contributed by atoms with Crippen molar-refractivity contribution < 1.29 is 10.0 Å². The van der Waals surface area contributed by atoms with Crippen molar-refractivity contribution in [3.63, 3.8) is 0 Å². The molecule has 2 aromatic heterocycles.